The van der Waals surface area contributed by atoms with Crippen molar-refractivity contribution in [3.8, 4) is 0 Å². The van der Waals surface area contributed by atoms with Crippen LogP contribution >= 0.6 is 23.1 Å². The van der Waals surface area contributed by atoms with Gasteiger partial charge in [-0.3, -0.25) is 9.59 Å². The number of hydrogen-bond donors (Lipinski definition) is 1. The van der Waals surface area contributed by atoms with Gasteiger partial charge in [0.05, 0.1) is 23.1 Å². The molecule has 8 heteroatoms. The second kappa shape index (κ2) is 7.97. The van der Waals surface area contributed by atoms with Crippen molar-refractivity contribution in [2.24, 2.45) is 0 Å². The lowest BCUT2D eigenvalue weighted by Gasteiger charge is -2.23. The van der Waals surface area contributed by atoms with Gasteiger partial charge in [-0.2, -0.15) is 0 Å². The van der Waals surface area contributed by atoms with E-state index < -0.39 is 11.9 Å². The van der Waals surface area contributed by atoms with Gasteiger partial charge in [-0.1, -0.05) is 6.92 Å². The van der Waals surface area contributed by atoms with Crippen LogP contribution in [0.15, 0.2) is 29.6 Å². The topological polar surface area (TPSA) is 62.3 Å². The molecule has 3 rings (SSSR count). The number of hydrogen-bond acceptors (Lipinski definition) is 5. The molecule has 0 spiro atoms. The number of benzene rings is 1. The molecule has 0 bridgehead atoms. The van der Waals surface area contributed by atoms with E-state index in [2.05, 4.69) is 10.3 Å². The zero-order valence-electron chi connectivity index (χ0n) is 13.7. The Balaban J connectivity index is 1.62. The molecular formula is C17H18FN3O2S2. The molecule has 1 saturated heterocycles. The standard InChI is InChI=1S/C17H18FN3O2S2/c1-2-15-20-13(8-25-15)7-19-16(22)14-9-24-10-21(14)17(23)11-3-5-12(18)6-4-11/h3-6,8,14H,2,7,9-10H2,1H3,(H,19,22). The van der Waals surface area contributed by atoms with Gasteiger partial charge in [0, 0.05) is 16.7 Å². The summed E-state index contributed by atoms with van der Waals surface area (Å²) < 4.78 is 13.0. The predicted molar refractivity (Wildman–Crippen MR) is 97.0 cm³/mol. The highest BCUT2D eigenvalue weighted by molar-refractivity contribution is 7.99. The van der Waals surface area contributed by atoms with Gasteiger partial charge in [-0.05, 0) is 30.7 Å². The van der Waals surface area contributed by atoms with Gasteiger partial charge >= 0.3 is 0 Å². The molecule has 1 atom stereocenters. The summed E-state index contributed by atoms with van der Waals surface area (Å²) in [6.07, 6.45) is 0.873. The predicted octanol–water partition coefficient (Wildman–Crippen LogP) is 2.68. The van der Waals surface area contributed by atoms with Crippen LogP contribution in [-0.2, 0) is 17.8 Å². The van der Waals surface area contributed by atoms with Crippen LogP contribution in [0.25, 0.3) is 0 Å². The molecule has 2 aromatic rings. The van der Waals surface area contributed by atoms with E-state index in [1.807, 2.05) is 12.3 Å². The summed E-state index contributed by atoms with van der Waals surface area (Å²) >= 11 is 3.11. The molecule has 0 saturated carbocycles. The largest absolute Gasteiger partial charge is 0.349 e. The maximum absolute atomic E-state index is 13.0. The van der Waals surface area contributed by atoms with Crippen molar-refractivity contribution in [2.45, 2.75) is 25.9 Å². The number of nitrogens with zero attached hydrogens (tertiary/aromatic N) is 2. The van der Waals surface area contributed by atoms with Crippen LogP contribution in [0.4, 0.5) is 4.39 Å². The van der Waals surface area contributed by atoms with E-state index in [0.717, 1.165) is 17.1 Å². The monoisotopic (exact) mass is 379 g/mol. The van der Waals surface area contributed by atoms with Crippen LogP contribution < -0.4 is 5.32 Å². The van der Waals surface area contributed by atoms with E-state index in [0.29, 0.717) is 23.7 Å². The fourth-order valence-electron chi connectivity index (χ4n) is 2.51. The highest BCUT2D eigenvalue weighted by atomic mass is 32.2. The fourth-order valence-corrected chi connectivity index (χ4v) is 4.40. The minimum atomic E-state index is -0.521. The summed E-state index contributed by atoms with van der Waals surface area (Å²) in [6.45, 7) is 2.39. The first kappa shape index (κ1) is 17.9. The number of amides is 2. The van der Waals surface area contributed by atoms with Crippen LogP contribution in [0.5, 0.6) is 0 Å². The van der Waals surface area contributed by atoms with E-state index in [1.54, 1.807) is 11.3 Å². The number of carbonyl (C=O) groups is 2. The molecule has 1 aliphatic rings. The Bertz CT molecular complexity index is 764. The van der Waals surface area contributed by atoms with Crippen molar-refractivity contribution in [3.63, 3.8) is 0 Å². The van der Waals surface area contributed by atoms with Crippen LogP contribution in [0.2, 0.25) is 0 Å². The van der Waals surface area contributed by atoms with Crippen molar-refractivity contribution in [1.82, 2.24) is 15.2 Å². The number of halogens is 1. The molecule has 1 unspecified atom stereocenters. The molecule has 2 heterocycles. The Kier molecular flexibility index (Phi) is 5.70. The minimum Gasteiger partial charge on any atom is -0.349 e. The Hall–Kier alpha value is -1.93. The smallest absolute Gasteiger partial charge is 0.255 e. The number of carbonyl (C=O) groups excluding carboxylic acids is 2. The van der Waals surface area contributed by atoms with E-state index >= 15 is 0 Å². The highest BCUT2D eigenvalue weighted by Crippen LogP contribution is 2.23. The molecule has 1 aromatic heterocycles. The third kappa shape index (κ3) is 4.19. The SMILES string of the molecule is CCc1nc(CNC(=O)C2CSCN2C(=O)c2ccc(F)cc2)cs1. The molecule has 1 N–H and O–H groups in total. The molecule has 25 heavy (non-hydrogen) atoms. The third-order valence-corrected chi connectivity index (χ3v) is 5.94. The average Bonchev–Trinajstić information content (AvgIpc) is 3.29. The average molecular weight is 379 g/mol. The van der Waals surface area contributed by atoms with Crippen molar-refractivity contribution >= 4 is 34.9 Å². The number of rotatable bonds is 5. The van der Waals surface area contributed by atoms with Crippen molar-refractivity contribution < 1.29 is 14.0 Å². The first-order valence-electron chi connectivity index (χ1n) is 7.93. The quantitative estimate of drug-likeness (QED) is 0.868. The fraction of sp³-hybridized carbons (Fsp3) is 0.353. The summed E-state index contributed by atoms with van der Waals surface area (Å²) in [4.78, 5) is 31.0. The molecular weight excluding hydrogens is 361 g/mol. The highest BCUT2D eigenvalue weighted by Gasteiger charge is 2.35. The number of aryl methyl sites for hydroxylation is 1. The van der Waals surface area contributed by atoms with Crippen molar-refractivity contribution in [3.05, 3.63) is 51.7 Å². The molecule has 0 aliphatic carbocycles. The second-order valence-corrected chi connectivity index (χ2v) is 7.54. The molecule has 1 aromatic carbocycles. The summed E-state index contributed by atoms with van der Waals surface area (Å²) in [5.74, 6) is 0.163. The lowest BCUT2D eigenvalue weighted by Crippen LogP contribution is -2.47. The van der Waals surface area contributed by atoms with E-state index in [4.69, 9.17) is 0 Å². The maximum atomic E-state index is 13.0. The summed E-state index contributed by atoms with van der Waals surface area (Å²) in [5, 5.41) is 5.83. The summed E-state index contributed by atoms with van der Waals surface area (Å²) in [6, 6.07) is 4.86. The third-order valence-electron chi connectivity index (χ3n) is 3.88. The lowest BCUT2D eigenvalue weighted by atomic mass is 10.1. The summed E-state index contributed by atoms with van der Waals surface area (Å²) in [7, 11) is 0. The van der Waals surface area contributed by atoms with Crippen LogP contribution in [0, 0.1) is 5.82 Å². The Morgan fingerprint density at radius 1 is 1.36 bits per heavy atom. The molecule has 0 radical (unpaired) electrons. The van der Waals surface area contributed by atoms with Crippen molar-refractivity contribution in [1.29, 1.82) is 0 Å². The van der Waals surface area contributed by atoms with E-state index in [9.17, 15) is 14.0 Å². The Labute approximate surface area is 153 Å². The van der Waals surface area contributed by atoms with E-state index in [-0.39, 0.29) is 11.8 Å². The van der Waals surface area contributed by atoms with Crippen LogP contribution in [-0.4, -0.2) is 39.4 Å². The van der Waals surface area contributed by atoms with Crippen LogP contribution in [0.3, 0.4) is 0 Å². The second-order valence-electron chi connectivity index (χ2n) is 5.60. The lowest BCUT2D eigenvalue weighted by molar-refractivity contribution is -0.124. The molecule has 1 aliphatic heterocycles. The van der Waals surface area contributed by atoms with Gasteiger partial charge in [-0.25, -0.2) is 9.37 Å². The number of thioether (sulfide) groups is 1. The van der Waals surface area contributed by atoms with Gasteiger partial charge < -0.3 is 10.2 Å². The minimum absolute atomic E-state index is 0.188. The summed E-state index contributed by atoms with van der Waals surface area (Å²) in [5.41, 5.74) is 1.21. The Morgan fingerprint density at radius 3 is 2.80 bits per heavy atom. The normalized spacial score (nSPS) is 16.9. The molecule has 2 amide bonds. The number of aromatic nitrogens is 1. The Morgan fingerprint density at radius 2 is 2.12 bits per heavy atom. The molecule has 132 valence electrons. The van der Waals surface area contributed by atoms with Crippen LogP contribution in [0.1, 0.15) is 28.0 Å². The van der Waals surface area contributed by atoms with Gasteiger partial charge in [0.1, 0.15) is 11.9 Å². The maximum Gasteiger partial charge on any atom is 0.255 e. The van der Waals surface area contributed by atoms with Crippen molar-refractivity contribution in [2.75, 3.05) is 11.6 Å². The molecule has 1 fully saturated rings. The van der Waals surface area contributed by atoms with Gasteiger partial charge in [0.15, 0.2) is 0 Å². The first-order chi connectivity index (χ1) is 12.1. The zero-order chi connectivity index (χ0) is 17.8. The number of nitrogens with one attached hydrogen (secondary N) is 1. The zero-order valence-corrected chi connectivity index (χ0v) is 15.3. The van der Waals surface area contributed by atoms with Gasteiger partial charge in [-0.15, -0.1) is 23.1 Å². The first-order valence-corrected chi connectivity index (χ1v) is 9.97. The number of thiazole rings is 1. The van der Waals surface area contributed by atoms with Gasteiger partial charge in [0.25, 0.3) is 5.91 Å². The van der Waals surface area contributed by atoms with Gasteiger partial charge in [0.2, 0.25) is 5.91 Å². The van der Waals surface area contributed by atoms with E-state index in [1.165, 1.54) is 40.9 Å². The molecule has 5 nitrogen and oxygen atoms in total.